The van der Waals surface area contributed by atoms with Gasteiger partial charge in [-0.15, -0.1) is 0 Å². The highest BCUT2D eigenvalue weighted by Crippen LogP contribution is 2.20. The van der Waals surface area contributed by atoms with Crippen molar-refractivity contribution in [2.24, 2.45) is 0 Å². The maximum absolute atomic E-state index is 13.3. The Morgan fingerprint density at radius 3 is 2.50 bits per heavy atom. The Morgan fingerprint density at radius 2 is 1.89 bits per heavy atom. The fourth-order valence-corrected chi connectivity index (χ4v) is 1.80. The monoisotopic (exact) mass is 253 g/mol. The van der Waals surface area contributed by atoms with E-state index in [2.05, 4.69) is 36.1 Å². The predicted molar refractivity (Wildman–Crippen MR) is 75.6 cm³/mol. The maximum Gasteiger partial charge on any atom is 0.123 e. The van der Waals surface area contributed by atoms with E-state index in [4.69, 9.17) is 0 Å². The standard InChI is InChI=1S/C14H24FN3/c1-5-16-11-12-10-13(15)6-7-14(12)18(4)9-8-17(2)3/h6-7,10,16H,5,8-9,11H2,1-4H3. The molecular weight excluding hydrogens is 229 g/mol. The Morgan fingerprint density at radius 1 is 1.17 bits per heavy atom. The van der Waals surface area contributed by atoms with Crippen LogP contribution < -0.4 is 10.2 Å². The Bertz CT molecular complexity index is 366. The molecule has 0 aliphatic heterocycles. The molecule has 0 spiro atoms. The zero-order valence-corrected chi connectivity index (χ0v) is 11.8. The number of nitrogens with one attached hydrogen (secondary N) is 1. The molecule has 1 rings (SSSR count). The van der Waals surface area contributed by atoms with Crippen molar-refractivity contribution in [3.63, 3.8) is 0 Å². The molecule has 1 aromatic rings. The van der Waals surface area contributed by atoms with Gasteiger partial charge < -0.3 is 15.1 Å². The highest BCUT2D eigenvalue weighted by molar-refractivity contribution is 5.53. The number of hydrogen-bond acceptors (Lipinski definition) is 3. The minimum Gasteiger partial charge on any atom is -0.373 e. The number of rotatable bonds is 7. The molecule has 18 heavy (non-hydrogen) atoms. The minimum atomic E-state index is -0.173. The molecule has 0 fully saturated rings. The molecule has 0 saturated carbocycles. The SMILES string of the molecule is CCNCc1cc(F)ccc1N(C)CCN(C)C. The maximum atomic E-state index is 13.3. The number of anilines is 1. The lowest BCUT2D eigenvalue weighted by molar-refractivity contribution is 0.416. The second kappa shape index (κ2) is 7.34. The molecular formula is C14H24FN3. The minimum absolute atomic E-state index is 0.173. The van der Waals surface area contributed by atoms with Crippen molar-refractivity contribution in [1.29, 1.82) is 0 Å². The van der Waals surface area contributed by atoms with Gasteiger partial charge in [0.2, 0.25) is 0 Å². The van der Waals surface area contributed by atoms with Crippen LogP contribution >= 0.6 is 0 Å². The number of halogens is 1. The molecule has 4 heteroatoms. The van der Waals surface area contributed by atoms with Crippen LogP contribution in [0.25, 0.3) is 0 Å². The smallest absolute Gasteiger partial charge is 0.123 e. The highest BCUT2D eigenvalue weighted by Gasteiger charge is 2.08. The van der Waals surface area contributed by atoms with Crippen LogP contribution in [0.3, 0.4) is 0 Å². The summed E-state index contributed by atoms with van der Waals surface area (Å²) in [5.74, 6) is -0.173. The van der Waals surface area contributed by atoms with E-state index in [9.17, 15) is 4.39 Å². The van der Waals surface area contributed by atoms with Gasteiger partial charge in [0.05, 0.1) is 0 Å². The van der Waals surface area contributed by atoms with E-state index in [0.717, 1.165) is 30.9 Å². The van der Waals surface area contributed by atoms with Crippen LogP contribution in [0.5, 0.6) is 0 Å². The Labute approximate surface area is 110 Å². The molecule has 0 amide bonds. The molecule has 0 aliphatic carbocycles. The van der Waals surface area contributed by atoms with Crippen molar-refractivity contribution in [3.8, 4) is 0 Å². The summed E-state index contributed by atoms with van der Waals surface area (Å²) < 4.78 is 13.3. The molecule has 102 valence electrons. The number of benzene rings is 1. The first-order chi connectivity index (χ1) is 8.54. The van der Waals surface area contributed by atoms with Crippen molar-refractivity contribution in [2.75, 3.05) is 45.7 Å². The lowest BCUT2D eigenvalue weighted by Crippen LogP contribution is -2.29. The van der Waals surface area contributed by atoms with E-state index in [1.54, 1.807) is 6.07 Å². The lowest BCUT2D eigenvalue weighted by Gasteiger charge is -2.24. The third-order valence-corrected chi connectivity index (χ3v) is 2.90. The molecule has 0 bridgehead atoms. The molecule has 1 N–H and O–H groups in total. The average Bonchev–Trinajstić information content (AvgIpc) is 2.33. The quantitative estimate of drug-likeness (QED) is 0.801. The van der Waals surface area contributed by atoms with Gasteiger partial charge in [0, 0.05) is 32.4 Å². The Kier molecular flexibility index (Phi) is 6.09. The van der Waals surface area contributed by atoms with Gasteiger partial charge in [0.15, 0.2) is 0 Å². The molecule has 3 nitrogen and oxygen atoms in total. The van der Waals surface area contributed by atoms with Crippen LogP contribution in [0.1, 0.15) is 12.5 Å². The summed E-state index contributed by atoms with van der Waals surface area (Å²) in [5, 5.41) is 3.25. The van der Waals surface area contributed by atoms with Gasteiger partial charge in [-0.25, -0.2) is 4.39 Å². The van der Waals surface area contributed by atoms with Gasteiger partial charge in [-0.2, -0.15) is 0 Å². The summed E-state index contributed by atoms with van der Waals surface area (Å²) in [6, 6.07) is 5.00. The molecule has 1 aromatic carbocycles. The number of hydrogen-bond donors (Lipinski definition) is 1. The summed E-state index contributed by atoms with van der Waals surface area (Å²) in [6.07, 6.45) is 0. The van der Waals surface area contributed by atoms with Crippen molar-refractivity contribution in [1.82, 2.24) is 10.2 Å². The molecule has 0 heterocycles. The van der Waals surface area contributed by atoms with Crippen molar-refractivity contribution >= 4 is 5.69 Å². The van der Waals surface area contributed by atoms with Crippen LogP contribution in [0.15, 0.2) is 18.2 Å². The first-order valence-corrected chi connectivity index (χ1v) is 6.39. The first kappa shape index (κ1) is 14.9. The lowest BCUT2D eigenvalue weighted by atomic mass is 10.1. The third kappa shape index (κ3) is 4.63. The van der Waals surface area contributed by atoms with Crippen LogP contribution in [0, 0.1) is 5.82 Å². The van der Waals surface area contributed by atoms with Gasteiger partial charge in [-0.3, -0.25) is 0 Å². The van der Waals surface area contributed by atoms with E-state index in [1.165, 1.54) is 6.07 Å². The molecule has 0 aromatic heterocycles. The van der Waals surface area contributed by atoms with E-state index >= 15 is 0 Å². The summed E-state index contributed by atoms with van der Waals surface area (Å²) in [4.78, 5) is 4.32. The van der Waals surface area contributed by atoms with E-state index < -0.39 is 0 Å². The fourth-order valence-electron chi connectivity index (χ4n) is 1.80. The summed E-state index contributed by atoms with van der Waals surface area (Å²) in [6.45, 7) is 5.55. The van der Waals surface area contributed by atoms with Crippen molar-refractivity contribution < 1.29 is 4.39 Å². The zero-order valence-electron chi connectivity index (χ0n) is 11.8. The zero-order chi connectivity index (χ0) is 13.5. The van der Waals surface area contributed by atoms with Gasteiger partial charge in [0.25, 0.3) is 0 Å². The van der Waals surface area contributed by atoms with E-state index in [0.29, 0.717) is 6.54 Å². The molecule has 0 atom stereocenters. The second-order valence-corrected chi connectivity index (χ2v) is 4.78. The third-order valence-electron chi connectivity index (χ3n) is 2.90. The van der Waals surface area contributed by atoms with Gasteiger partial charge in [-0.05, 0) is 44.4 Å². The summed E-state index contributed by atoms with van der Waals surface area (Å²) in [7, 11) is 6.16. The van der Waals surface area contributed by atoms with E-state index in [-0.39, 0.29) is 5.82 Å². The molecule has 0 radical (unpaired) electrons. The number of nitrogens with zero attached hydrogens (tertiary/aromatic N) is 2. The molecule has 0 saturated heterocycles. The van der Waals surface area contributed by atoms with Crippen molar-refractivity contribution in [3.05, 3.63) is 29.6 Å². The summed E-state index contributed by atoms with van der Waals surface area (Å²) >= 11 is 0. The summed E-state index contributed by atoms with van der Waals surface area (Å²) in [5.41, 5.74) is 2.11. The van der Waals surface area contributed by atoms with Gasteiger partial charge in [-0.1, -0.05) is 6.92 Å². The molecule has 0 unspecified atom stereocenters. The average molecular weight is 253 g/mol. The normalized spacial score (nSPS) is 11.0. The Hall–Kier alpha value is -1.13. The van der Waals surface area contributed by atoms with Crippen LogP contribution in [-0.2, 0) is 6.54 Å². The fraction of sp³-hybridized carbons (Fsp3) is 0.571. The van der Waals surface area contributed by atoms with Gasteiger partial charge >= 0.3 is 0 Å². The van der Waals surface area contributed by atoms with Crippen LogP contribution in [0.2, 0.25) is 0 Å². The van der Waals surface area contributed by atoms with Crippen LogP contribution in [-0.4, -0.2) is 45.7 Å². The predicted octanol–water partition coefficient (Wildman–Crippen LogP) is 1.93. The second-order valence-electron chi connectivity index (χ2n) is 4.78. The molecule has 0 aliphatic rings. The Balaban J connectivity index is 2.78. The first-order valence-electron chi connectivity index (χ1n) is 6.39. The largest absolute Gasteiger partial charge is 0.373 e. The van der Waals surface area contributed by atoms with Crippen molar-refractivity contribution in [2.45, 2.75) is 13.5 Å². The highest BCUT2D eigenvalue weighted by atomic mass is 19.1. The van der Waals surface area contributed by atoms with E-state index in [1.807, 2.05) is 13.1 Å². The van der Waals surface area contributed by atoms with Gasteiger partial charge in [0.1, 0.15) is 5.82 Å². The number of likely N-dealkylation sites (N-methyl/N-ethyl adjacent to an activating group) is 2. The topological polar surface area (TPSA) is 18.5 Å². The van der Waals surface area contributed by atoms with Crippen LogP contribution in [0.4, 0.5) is 10.1 Å².